The zero-order valence-electron chi connectivity index (χ0n) is 15.8. The van der Waals surface area contributed by atoms with Crippen molar-refractivity contribution < 1.29 is 9.59 Å². The van der Waals surface area contributed by atoms with Crippen LogP contribution in [0.2, 0.25) is 0 Å². The number of hydrogen-bond acceptors (Lipinski definition) is 3. The van der Waals surface area contributed by atoms with Gasteiger partial charge in [-0.05, 0) is 49.7 Å². The van der Waals surface area contributed by atoms with E-state index in [1.165, 1.54) is 31.2 Å². The van der Waals surface area contributed by atoms with Crippen LogP contribution in [-0.2, 0) is 16.0 Å². The molecule has 1 aromatic rings. The monoisotopic (exact) mass is 391 g/mol. The Balaban J connectivity index is 0.00000210. The minimum Gasteiger partial charge on any atom is -0.355 e. The molecule has 3 aliphatic rings. The van der Waals surface area contributed by atoms with Gasteiger partial charge in [-0.25, -0.2) is 0 Å². The van der Waals surface area contributed by atoms with Crippen LogP contribution in [0.4, 0.5) is 5.69 Å². The van der Waals surface area contributed by atoms with Crippen molar-refractivity contribution in [3.63, 3.8) is 0 Å². The summed E-state index contributed by atoms with van der Waals surface area (Å²) in [5.74, 6) is 0.948. The molecule has 2 N–H and O–H groups in total. The van der Waals surface area contributed by atoms with Gasteiger partial charge < -0.3 is 15.5 Å². The fourth-order valence-electron chi connectivity index (χ4n) is 4.83. The zero-order valence-corrected chi connectivity index (χ0v) is 16.6. The topological polar surface area (TPSA) is 61.4 Å². The van der Waals surface area contributed by atoms with Crippen molar-refractivity contribution in [3.05, 3.63) is 29.8 Å². The fourth-order valence-corrected chi connectivity index (χ4v) is 4.83. The fraction of sp³-hybridized carbons (Fsp3) is 0.619. The number of carbonyl (C=O) groups is 2. The first kappa shape index (κ1) is 20.2. The maximum atomic E-state index is 12.5. The predicted molar refractivity (Wildman–Crippen MR) is 109 cm³/mol. The summed E-state index contributed by atoms with van der Waals surface area (Å²) >= 11 is 0. The van der Waals surface area contributed by atoms with E-state index in [1.807, 2.05) is 23.1 Å². The van der Waals surface area contributed by atoms with E-state index in [9.17, 15) is 9.59 Å². The molecule has 5 nitrogen and oxygen atoms in total. The van der Waals surface area contributed by atoms with Crippen molar-refractivity contribution in [3.8, 4) is 0 Å². The summed E-state index contributed by atoms with van der Waals surface area (Å²) in [7, 11) is 0. The van der Waals surface area contributed by atoms with Crippen molar-refractivity contribution in [1.82, 2.24) is 10.6 Å². The lowest BCUT2D eigenvalue weighted by molar-refractivity contribution is -0.123. The molecule has 27 heavy (non-hydrogen) atoms. The van der Waals surface area contributed by atoms with Crippen LogP contribution in [0, 0.1) is 5.92 Å². The molecule has 0 radical (unpaired) electrons. The van der Waals surface area contributed by atoms with E-state index in [1.54, 1.807) is 0 Å². The SMILES string of the molecule is Cl.O=C(NCCCC(=O)N1CCc2ccccc21)C1CC2CCCCC2N1. The average Bonchev–Trinajstić information content (AvgIpc) is 3.29. The molecule has 148 valence electrons. The van der Waals surface area contributed by atoms with E-state index in [2.05, 4.69) is 16.7 Å². The van der Waals surface area contributed by atoms with Gasteiger partial charge in [0, 0.05) is 31.2 Å². The highest BCUT2D eigenvalue weighted by Crippen LogP contribution is 2.33. The molecular formula is C21H30ClN3O2. The summed E-state index contributed by atoms with van der Waals surface area (Å²) in [5.41, 5.74) is 2.31. The highest BCUT2D eigenvalue weighted by atomic mass is 35.5. The molecule has 4 rings (SSSR count). The first-order valence-corrected chi connectivity index (χ1v) is 10.1. The third-order valence-electron chi connectivity index (χ3n) is 6.23. The molecule has 2 fully saturated rings. The van der Waals surface area contributed by atoms with Gasteiger partial charge >= 0.3 is 0 Å². The standard InChI is InChI=1S/C21H29N3O2.ClH/c25-20(24-13-11-15-6-2-4-9-19(15)24)10-5-12-22-21(26)18-14-16-7-1-3-8-17(16)23-18;/h2,4,6,9,16-18,23H,1,3,5,7-8,10-14H2,(H,22,26);1H. The van der Waals surface area contributed by atoms with E-state index in [0.717, 1.165) is 25.1 Å². The summed E-state index contributed by atoms with van der Waals surface area (Å²) in [6.07, 6.45) is 8.14. The second-order valence-electron chi connectivity index (χ2n) is 7.92. The second kappa shape index (κ2) is 9.07. The van der Waals surface area contributed by atoms with E-state index in [4.69, 9.17) is 0 Å². The van der Waals surface area contributed by atoms with Crippen molar-refractivity contribution >= 4 is 29.9 Å². The van der Waals surface area contributed by atoms with Crippen LogP contribution < -0.4 is 15.5 Å². The van der Waals surface area contributed by atoms with Gasteiger partial charge in [0.05, 0.1) is 6.04 Å². The minimum absolute atomic E-state index is 0. The Morgan fingerprint density at radius 3 is 2.85 bits per heavy atom. The lowest BCUT2D eigenvalue weighted by Gasteiger charge is -2.24. The van der Waals surface area contributed by atoms with Crippen LogP contribution in [-0.4, -0.2) is 37.0 Å². The molecule has 1 saturated heterocycles. The molecule has 2 aliphatic heterocycles. The molecule has 0 spiro atoms. The summed E-state index contributed by atoms with van der Waals surface area (Å²) in [6, 6.07) is 8.62. The van der Waals surface area contributed by atoms with Gasteiger partial charge in [-0.3, -0.25) is 9.59 Å². The zero-order chi connectivity index (χ0) is 17.9. The van der Waals surface area contributed by atoms with Gasteiger partial charge in [-0.15, -0.1) is 12.4 Å². The molecule has 2 amide bonds. The number of benzene rings is 1. The quantitative estimate of drug-likeness (QED) is 0.759. The highest BCUT2D eigenvalue weighted by Gasteiger charge is 2.38. The van der Waals surface area contributed by atoms with Crippen LogP contribution in [0.5, 0.6) is 0 Å². The number of nitrogens with zero attached hydrogens (tertiary/aromatic N) is 1. The molecule has 1 aromatic carbocycles. The summed E-state index contributed by atoms with van der Waals surface area (Å²) in [6.45, 7) is 1.35. The molecule has 3 atom stereocenters. The van der Waals surface area contributed by atoms with Gasteiger partial charge in [0.25, 0.3) is 0 Å². The Kier molecular flexibility index (Phi) is 6.77. The van der Waals surface area contributed by atoms with Crippen molar-refractivity contribution in [1.29, 1.82) is 0 Å². The van der Waals surface area contributed by atoms with Crippen LogP contribution in [0.3, 0.4) is 0 Å². The Bertz CT molecular complexity index is 667. The number of amides is 2. The number of hydrogen-bond donors (Lipinski definition) is 2. The Morgan fingerprint density at radius 2 is 2.00 bits per heavy atom. The van der Waals surface area contributed by atoms with Gasteiger partial charge in [-0.2, -0.15) is 0 Å². The highest BCUT2D eigenvalue weighted by molar-refractivity contribution is 5.95. The molecule has 3 unspecified atom stereocenters. The lowest BCUT2D eigenvalue weighted by Crippen LogP contribution is -2.43. The third kappa shape index (κ3) is 4.46. The van der Waals surface area contributed by atoms with Crippen LogP contribution >= 0.6 is 12.4 Å². The maximum Gasteiger partial charge on any atom is 0.237 e. The van der Waals surface area contributed by atoms with Crippen LogP contribution in [0.1, 0.15) is 50.5 Å². The lowest BCUT2D eigenvalue weighted by atomic mass is 9.85. The summed E-state index contributed by atoms with van der Waals surface area (Å²) < 4.78 is 0. The van der Waals surface area contributed by atoms with Crippen molar-refractivity contribution in [2.24, 2.45) is 5.92 Å². The number of carbonyl (C=O) groups excluding carboxylic acids is 2. The van der Waals surface area contributed by atoms with E-state index < -0.39 is 0 Å². The normalized spacial score (nSPS) is 26.1. The number of rotatable bonds is 5. The van der Waals surface area contributed by atoms with Gasteiger partial charge in [0.15, 0.2) is 0 Å². The predicted octanol–water partition coefficient (Wildman–Crippen LogP) is 2.81. The second-order valence-corrected chi connectivity index (χ2v) is 7.92. The van der Waals surface area contributed by atoms with E-state index >= 15 is 0 Å². The molecule has 0 bridgehead atoms. The molecule has 6 heteroatoms. The molecule has 1 aliphatic carbocycles. The van der Waals surface area contributed by atoms with E-state index in [-0.39, 0.29) is 30.3 Å². The number of para-hydroxylation sites is 1. The summed E-state index contributed by atoms with van der Waals surface area (Å²) in [5, 5.41) is 6.54. The maximum absolute atomic E-state index is 12.5. The van der Waals surface area contributed by atoms with Crippen molar-refractivity contribution in [2.45, 2.75) is 63.5 Å². The third-order valence-corrected chi connectivity index (χ3v) is 6.23. The first-order chi connectivity index (χ1) is 12.7. The molecule has 0 aromatic heterocycles. The largest absolute Gasteiger partial charge is 0.355 e. The van der Waals surface area contributed by atoms with Gasteiger partial charge in [0.1, 0.15) is 0 Å². The van der Waals surface area contributed by atoms with Crippen LogP contribution in [0.25, 0.3) is 0 Å². The van der Waals surface area contributed by atoms with Crippen LogP contribution in [0.15, 0.2) is 24.3 Å². The Labute approximate surface area is 167 Å². The number of nitrogens with one attached hydrogen (secondary N) is 2. The Morgan fingerprint density at radius 1 is 1.19 bits per heavy atom. The van der Waals surface area contributed by atoms with Gasteiger partial charge in [0.2, 0.25) is 11.8 Å². The average molecular weight is 392 g/mol. The molecule has 2 heterocycles. The first-order valence-electron chi connectivity index (χ1n) is 10.1. The van der Waals surface area contributed by atoms with E-state index in [0.29, 0.717) is 31.3 Å². The summed E-state index contributed by atoms with van der Waals surface area (Å²) in [4.78, 5) is 26.8. The smallest absolute Gasteiger partial charge is 0.237 e. The number of halogens is 1. The Hall–Kier alpha value is -1.59. The molecule has 1 saturated carbocycles. The van der Waals surface area contributed by atoms with Gasteiger partial charge in [-0.1, -0.05) is 31.0 Å². The molecular weight excluding hydrogens is 362 g/mol. The van der Waals surface area contributed by atoms with Crippen molar-refractivity contribution in [2.75, 3.05) is 18.0 Å². The number of fused-ring (bicyclic) bond motifs is 2. The minimum atomic E-state index is -0.0377. The number of anilines is 1.